The van der Waals surface area contributed by atoms with Crippen LogP contribution >= 0.6 is 0 Å². The Labute approximate surface area is 119 Å². The number of hydrogen-bond donors (Lipinski definition) is 1. The summed E-state index contributed by atoms with van der Waals surface area (Å²) < 4.78 is 5.56. The van der Waals surface area contributed by atoms with E-state index in [-0.39, 0.29) is 6.61 Å². The van der Waals surface area contributed by atoms with Gasteiger partial charge < -0.3 is 9.84 Å². The lowest BCUT2D eigenvalue weighted by molar-refractivity contribution is -0.0171. The normalized spacial score (nSPS) is 20.8. The van der Waals surface area contributed by atoms with E-state index in [1.165, 1.54) is 57.8 Å². The Kier molecular flexibility index (Phi) is 10.4. The third kappa shape index (κ3) is 7.91. The van der Waals surface area contributed by atoms with Crippen LogP contribution in [0.25, 0.3) is 0 Å². The van der Waals surface area contributed by atoms with Crippen molar-refractivity contribution in [2.24, 2.45) is 0 Å². The van der Waals surface area contributed by atoms with E-state index in [1.54, 1.807) is 0 Å². The van der Waals surface area contributed by atoms with Crippen LogP contribution in [-0.4, -0.2) is 49.0 Å². The van der Waals surface area contributed by atoms with E-state index in [1.807, 2.05) is 0 Å². The van der Waals surface area contributed by atoms with Crippen molar-refractivity contribution in [3.63, 3.8) is 0 Å². The smallest absolute Gasteiger partial charge is 0.0622 e. The Morgan fingerprint density at radius 2 is 1.74 bits per heavy atom. The summed E-state index contributed by atoms with van der Waals surface area (Å²) in [6.07, 6.45) is 12.2. The number of aliphatic hydroxyl groups is 1. The van der Waals surface area contributed by atoms with Gasteiger partial charge in [0.15, 0.2) is 0 Å². The molecule has 114 valence electrons. The highest BCUT2D eigenvalue weighted by Crippen LogP contribution is 2.15. The Morgan fingerprint density at radius 3 is 2.42 bits per heavy atom. The van der Waals surface area contributed by atoms with Crippen LogP contribution < -0.4 is 0 Å². The molecule has 1 saturated heterocycles. The Balaban J connectivity index is 1.97. The highest BCUT2D eigenvalue weighted by atomic mass is 16.5. The van der Waals surface area contributed by atoms with Crippen LogP contribution in [0.3, 0.4) is 0 Å². The fourth-order valence-electron chi connectivity index (χ4n) is 2.89. The van der Waals surface area contributed by atoms with Gasteiger partial charge in [-0.05, 0) is 6.42 Å². The summed E-state index contributed by atoms with van der Waals surface area (Å²) in [5.41, 5.74) is 0. The van der Waals surface area contributed by atoms with Crippen molar-refractivity contribution in [2.75, 3.05) is 32.9 Å². The molecule has 0 amide bonds. The fourth-order valence-corrected chi connectivity index (χ4v) is 2.89. The van der Waals surface area contributed by atoms with Crippen LogP contribution in [0.4, 0.5) is 0 Å². The molecule has 1 N–H and O–H groups in total. The second kappa shape index (κ2) is 11.7. The summed E-state index contributed by atoms with van der Waals surface area (Å²) in [6.45, 7) is 6.02. The van der Waals surface area contributed by atoms with Crippen molar-refractivity contribution in [1.29, 1.82) is 0 Å². The predicted octanol–water partition coefficient (Wildman–Crippen LogP) is 3.21. The zero-order valence-electron chi connectivity index (χ0n) is 12.8. The van der Waals surface area contributed by atoms with E-state index in [9.17, 15) is 0 Å². The largest absolute Gasteiger partial charge is 0.395 e. The van der Waals surface area contributed by atoms with E-state index in [0.29, 0.717) is 6.04 Å². The van der Waals surface area contributed by atoms with Gasteiger partial charge in [-0.15, -0.1) is 0 Å². The molecule has 1 atom stereocenters. The minimum Gasteiger partial charge on any atom is -0.395 e. The summed E-state index contributed by atoms with van der Waals surface area (Å²) in [4.78, 5) is 2.39. The molecule has 1 rings (SSSR count). The van der Waals surface area contributed by atoms with Crippen LogP contribution in [0.1, 0.15) is 64.7 Å². The van der Waals surface area contributed by atoms with Crippen molar-refractivity contribution in [1.82, 2.24) is 4.90 Å². The van der Waals surface area contributed by atoms with Crippen LogP contribution in [0, 0.1) is 0 Å². The zero-order chi connectivity index (χ0) is 13.8. The van der Waals surface area contributed by atoms with Gasteiger partial charge in [0.05, 0.1) is 19.8 Å². The molecule has 3 nitrogen and oxygen atoms in total. The fraction of sp³-hybridized carbons (Fsp3) is 1.00. The summed E-state index contributed by atoms with van der Waals surface area (Å²) in [6, 6.07) is 0.543. The van der Waals surface area contributed by atoms with Crippen LogP contribution in [0.5, 0.6) is 0 Å². The molecular formula is C16H33NO2. The summed E-state index contributed by atoms with van der Waals surface area (Å²) in [5.74, 6) is 0. The molecule has 0 aromatic rings. The lowest BCUT2D eigenvalue weighted by Crippen LogP contribution is -2.46. The van der Waals surface area contributed by atoms with Gasteiger partial charge >= 0.3 is 0 Å². The molecule has 0 radical (unpaired) electrons. The molecular weight excluding hydrogens is 238 g/mol. The van der Waals surface area contributed by atoms with Gasteiger partial charge in [0.1, 0.15) is 0 Å². The highest BCUT2D eigenvalue weighted by Gasteiger charge is 2.21. The topological polar surface area (TPSA) is 32.7 Å². The average Bonchev–Trinajstić information content (AvgIpc) is 2.44. The molecule has 1 aliphatic heterocycles. The van der Waals surface area contributed by atoms with Gasteiger partial charge in [-0.25, -0.2) is 0 Å². The first-order valence-corrected chi connectivity index (χ1v) is 8.31. The first-order chi connectivity index (χ1) is 9.38. The lowest BCUT2D eigenvalue weighted by Gasteiger charge is -2.35. The summed E-state index contributed by atoms with van der Waals surface area (Å²) in [5, 5.41) is 9.07. The molecule has 0 unspecified atom stereocenters. The lowest BCUT2D eigenvalue weighted by atomic mass is 10.0. The number of hydrogen-bond acceptors (Lipinski definition) is 3. The SMILES string of the molecule is CCCCCCCCCC[C@H]1COCCN1CCO. The van der Waals surface area contributed by atoms with Crippen LogP contribution in [-0.2, 0) is 4.74 Å². The summed E-state index contributed by atoms with van der Waals surface area (Å²) >= 11 is 0. The molecule has 0 aliphatic carbocycles. The third-order valence-electron chi connectivity index (χ3n) is 4.13. The van der Waals surface area contributed by atoms with Gasteiger partial charge in [-0.3, -0.25) is 4.90 Å². The van der Waals surface area contributed by atoms with Crippen molar-refractivity contribution in [3.8, 4) is 0 Å². The third-order valence-corrected chi connectivity index (χ3v) is 4.13. The Morgan fingerprint density at radius 1 is 1.05 bits per heavy atom. The average molecular weight is 271 g/mol. The summed E-state index contributed by atoms with van der Waals surface area (Å²) in [7, 11) is 0. The van der Waals surface area contributed by atoms with Gasteiger partial charge in [0.2, 0.25) is 0 Å². The molecule has 0 aromatic heterocycles. The maximum atomic E-state index is 9.07. The van der Waals surface area contributed by atoms with Gasteiger partial charge in [0.25, 0.3) is 0 Å². The molecule has 1 fully saturated rings. The first-order valence-electron chi connectivity index (χ1n) is 8.31. The number of ether oxygens (including phenoxy) is 1. The van der Waals surface area contributed by atoms with Crippen molar-refractivity contribution in [3.05, 3.63) is 0 Å². The Hall–Kier alpha value is -0.120. The van der Waals surface area contributed by atoms with E-state index in [4.69, 9.17) is 9.84 Å². The number of rotatable bonds is 11. The molecule has 1 aliphatic rings. The van der Waals surface area contributed by atoms with Gasteiger partial charge in [-0.1, -0.05) is 58.3 Å². The van der Waals surface area contributed by atoms with Crippen molar-refractivity contribution in [2.45, 2.75) is 70.8 Å². The highest BCUT2D eigenvalue weighted by molar-refractivity contribution is 4.75. The number of aliphatic hydroxyl groups excluding tert-OH is 1. The van der Waals surface area contributed by atoms with Gasteiger partial charge in [-0.2, -0.15) is 0 Å². The Bertz CT molecular complexity index is 197. The van der Waals surface area contributed by atoms with E-state index in [2.05, 4.69) is 11.8 Å². The van der Waals surface area contributed by atoms with E-state index >= 15 is 0 Å². The number of unbranched alkanes of at least 4 members (excludes halogenated alkanes) is 7. The number of morpholine rings is 1. The molecule has 0 bridgehead atoms. The van der Waals surface area contributed by atoms with Crippen LogP contribution in [0.2, 0.25) is 0 Å². The molecule has 0 aromatic carbocycles. The standard InChI is InChI=1S/C16H33NO2/c1-2-3-4-5-6-7-8-9-10-16-15-19-14-12-17(16)11-13-18/h16,18H,2-15H2,1H3/t16-/m0/s1. The first kappa shape index (κ1) is 16.9. The van der Waals surface area contributed by atoms with Crippen LogP contribution in [0.15, 0.2) is 0 Å². The molecule has 3 heteroatoms. The second-order valence-corrected chi connectivity index (χ2v) is 5.75. The van der Waals surface area contributed by atoms with Gasteiger partial charge in [0, 0.05) is 19.1 Å². The minimum atomic E-state index is 0.272. The predicted molar refractivity (Wildman–Crippen MR) is 80.5 cm³/mol. The minimum absolute atomic E-state index is 0.272. The van der Waals surface area contributed by atoms with E-state index in [0.717, 1.165) is 26.3 Å². The quantitative estimate of drug-likeness (QED) is 0.586. The second-order valence-electron chi connectivity index (χ2n) is 5.75. The number of β-amino-alcohol motifs (C(OH)–C–C–N with tert-alkyl or cyclic N) is 1. The molecule has 1 heterocycles. The maximum absolute atomic E-state index is 9.07. The number of nitrogens with zero attached hydrogens (tertiary/aromatic N) is 1. The maximum Gasteiger partial charge on any atom is 0.0622 e. The van der Waals surface area contributed by atoms with Crippen molar-refractivity contribution >= 4 is 0 Å². The monoisotopic (exact) mass is 271 g/mol. The molecule has 0 saturated carbocycles. The van der Waals surface area contributed by atoms with Crippen molar-refractivity contribution < 1.29 is 9.84 Å². The van der Waals surface area contributed by atoms with E-state index < -0.39 is 0 Å². The molecule has 0 spiro atoms. The molecule has 19 heavy (non-hydrogen) atoms. The zero-order valence-corrected chi connectivity index (χ0v) is 12.8.